The average Bonchev–Trinajstić information content (AvgIpc) is 3.25. The summed E-state index contributed by atoms with van der Waals surface area (Å²) in [7, 11) is 0. The first-order valence-corrected chi connectivity index (χ1v) is 12.1. The largest absolute Gasteiger partial charge is 0.349 e. The lowest BCUT2D eigenvalue weighted by atomic mass is 10.0. The first kappa shape index (κ1) is 25.1. The Labute approximate surface area is 207 Å². The first-order chi connectivity index (χ1) is 15.7. The maximum atomic E-state index is 12.7. The number of hydrogen-bond acceptors (Lipinski definition) is 5. The monoisotopic (exact) mass is 505 g/mol. The Morgan fingerprint density at radius 2 is 1.79 bits per heavy atom. The molecule has 1 aromatic heterocycles. The molecule has 7 nitrogen and oxygen atoms in total. The topological polar surface area (TPSA) is 99.8 Å². The molecule has 0 aliphatic heterocycles. The first-order valence-electron chi connectivity index (χ1n) is 10.4. The number of carbonyl (C=O) groups is 2. The molecule has 10 heteroatoms. The summed E-state index contributed by atoms with van der Waals surface area (Å²) >= 11 is 13.3. The summed E-state index contributed by atoms with van der Waals surface area (Å²) in [4.78, 5) is 29.6. The molecule has 2 atom stereocenters. The molecule has 3 aromatic rings. The van der Waals surface area contributed by atoms with Crippen LogP contribution >= 0.6 is 35.0 Å². The fourth-order valence-corrected chi connectivity index (χ4v) is 4.25. The van der Waals surface area contributed by atoms with Crippen LogP contribution in [-0.2, 0) is 4.79 Å². The van der Waals surface area contributed by atoms with Crippen LogP contribution in [-0.4, -0.2) is 32.7 Å². The van der Waals surface area contributed by atoms with Crippen LogP contribution in [0.2, 0.25) is 10.0 Å². The Kier molecular flexibility index (Phi) is 8.77. The van der Waals surface area contributed by atoms with E-state index in [2.05, 4.69) is 25.8 Å². The number of nitrogens with zero attached hydrogens (tertiary/aromatic N) is 2. The van der Waals surface area contributed by atoms with Crippen LogP contribution in [0.4, 0.5) is 0 Å². The van der Waals surface area contributed by atoms with E-state index in [4.69, 9.17) is 23.2 Å². The molecule has 0 aliphatic rings. The molecule has 2 amide bonds. The molecule has 0 aliphatic carbocycles. The van der Waals surface area contributed by atoms with E-state index in [-0.39, 0.29) is 34.5 Å². The van der Waals surface area contributed by atoms with Gasteiger partial charge in [0.15, 0.2) is 0 Å². The zero-order chi connectivity index (χ0) is 24.0. The van der Waals surface area contributed by atoms with Crippen molar-refractivity contribution in [3.8, 4) is 0 Å². The van der Waals surface area contributed by atoms with E-state index in [1.165, 1.54) is 17.8 Å². The molecular weight excluding hydrogens is 481 g/mol. The van der Waals surface area contributed by atoms with Gasteiger partial charge < -0.3 is 10.6 Å². The highest BCUT2D eigenvalue weighted by molar-refractivity contribution is 7.99. The molecule has 174 valence electrons. The van der Waals surface area contributed by atoms with Gasteiger partial charge in [0.05, 0.1) is 28.4 Å². The maximum absolute atomic E-state index is 12.7. The van der Waals surface area contributed by atoms with Crippen LogP contribution in [0.5, 0.6) is 0 Å². The van der Waals surface area contributed by atoms with Crippen molar-refractivity contribution in [1.29, 1.82) is 0 Å². The fraction of sp³-hybridized carbons (Fsp3) is 0.304. The van der Waals surface area contributed by atoms with Gasteiger partial charge in [-0.3, -0.25) is 14.7 Å². The summed E-state index contributed by atoms with van der Waals surface area (Å²) < 4.78 is 0. The van der Waals surface area contributed by atoms with Crippen molar-refractivity contribution in [3.63, 3.8) is 0 Å². The van der Waals surface area contributed by atoms with Crippen LogP contribution < -0.4 is 10.6 Å². The van der Waals surface area contributed by atoms with Crippen LogP contribution in [0.25, 0.3) is 0 Å². The van der Waals surface area contributed by atoms with Crippen molar-refractivity contribution >= 4 is 46.8 Å². The van der Waals surface area contributed by atoms with Gasteiger partial charge in [-0.25, -0.2) is 4.98 Å². The van der Waals surface area contributed by atoms with Crippen LogP contribution in [0.15, 0.2) is 53.7 Å². The smallest absolute Gasteiger partial charge is 0.253 e. The number of hydrogen-bond donors (Lipinski definition) is 3. The highest BCUT2D eigenvalue weighted by Crippen LogP contribution is 2.25. The molecular formula is C23H25Cl2N5O2S. The Hall–Kier alpha value is -2.55. The molecule has 0 radical (unpaired) electrons. The third-order valence-corrected chi connectivity index (χ3v) is 6.31. The third-order valence-electron chi connectivity index (χ3n) is 4.92. The average molecular weight is 506 g/mol. The number of nitrogens with one attached hydrogen (secondary N) is 3. The molecule has 0 fully saturated rings. The summed E-state index contributed by atoms with van der Waals surface area (Å²) in [5.74, 6) is 0.252. The molecule has 3 N–H and O–H groups in total. The zero-order valence-electron chi connectivity index (χ0n) is 18.4. The lowest BCUT2D eigenvalue weighted by Gasteiger charge is -2.20. The van der Waals surface area contributed by atoms with Gasteiger partial charge in [0.2, 0.25) is 11.1 Å². The van der Waals surface area contributed by atoms with E-state index in [1.807, 2.05) is 51.1 Å². The van der Waals surface area contributed by atoms with Gasteiger partial charge in [-0.1, -0.05) is 79.1 Å². The summed E-state index contributed by atoms with van der Waals surface area (Å²) in [5, 5.41) is 14.1. The molecule has 2 aromatic carbocycles. The minimum absolute atomic E-state index is 0.0286. The number of benzene rings is 2. The quantitative estimate of drug-likeness (QED) is 0.346. The second kappa shape index (κ2) is 11.5. The van der Waals surface area contributed by atoms with Crippen LogP contribution in [0.3, 0.4) is 0 Å². The van der Waals surface area contributed by atoms with Crippen molar-refractivity contribution in [2.75, 3.05) is 5.75 Å². The second-order valence-electron chi connectivity index (χ2n) is 7.81. The van der Waals surface area contributed by atoms with Crippen molar-refractivity contribution in [2.24, 2.45) is 5.92 Å². The molecule has 1 heterocycles. The standard InChI is InChI=1S/C23H25Cl2N5O2S/c1-13(2)20(27-22(32)17-10-9-16(24)11-18(17)25)21-28-23(30-29-21)33-12-19(31)26-14(3)15-7-5-4-6-8-15/h4-11,13-14,20H,12H2,1-3H3,(H,26,31)(H,27,32)(H,28,29,30)/t14-,20+/m1/s1. The maximum Gasteiger partial charge on any atom is 0.253 e. The summed E-state index contributed by atoms with van der Waals surface area (Å²) in [6.07, 6.45) is 0. The van der Waals surface area contributed by atoms with E-state index >= 15 is 0 Å². The summed E-state index contributed by atoms with van der Waals surface area (Å²) in [6.45, 7) is 5.86. The number of rotatable bonds is 9. The predicted molar refractivity (Wildman–Crippen MR) is 132 cm³/mol. The van der Waals surface area contributed by atoms with Gasteiger partial charge >= 0.3 is 0 Å². The van der Waals surface area contributed by atoms with Gasteiger partial charge in [-0.15, -0.1) is 5.10 Å². The fourth-order valence-electron chi connectivity index (χ4n) is 3.14. The number of thioether (sulfide) groups is 1. The van der Waals surface area contributed by atoms with E-state index in [1.54, 1.807) is 12.1 Å². The van der Waals surface area contributed by atoms with Gasteiger partial charge in [0.1, 0.15) is 5.82 Å². The number of H-pyrrole nitrogens is 1. The Bertz CT molecular complexity index is 1110. The molecule has 33 heavy (non-hydrogen) atoms. The highest BCUT2D eigenvalue weighted by Gasteiger charge is 2.24. The number of carbonyl (C=O) groups excluding carboxylic acids is 2. The molecule has 3 rings (SSSR count). The number of halogens is 2. The summed E-state index contributed by atoms with van der Waals surface area (Å²) in [6, 6.07) is 13.9. The molecule has 0 saturated heterocycles. The van der Waals surface area contributed by atoms with Crippen LogP contribution in [0.1, 0.15) is 54.6 Å². The van der Waals surface area contributed by atoms with Crippen LogP contribution in [0, 0.1) is 5.92 Å². The van der Waals surface area contributed by atoms with Crippen molar-refractivity contribution < 1.29 is 9.59 Å². The molecule has 0 unspecified atom stereocenters. The Balaban J connectivity index is 1.59. The van der Waals surface area contributed by atoms with E-state index in [0.717, 1.165) is 5.56 Å². The van der Waals surface area contributed by atoms with E-state index in [0.29, 0.717) is 21.6 Å². The van der Waals surface area contributed by atoms with E-state index < -0.39 is 6.04 Å². The number of aromatic nitrogens is 3. The Morgan fingerprint density at radius 3 is 2.45 bits per heavy atom. The summed E-state index contributed by atoms with van der Waals surface area (Å²) in [5.41, 5.74) is 1.36. The zero-order valence-corrected chi connectivity index (χ0v) is 20.8. The SMILES string of the molecule is CC(C)[C@H](NC(=O)c1ccc(Cl)cc1Cl)c1nc(SCC(=O)N[C@H](C)c2ccccc2)n[nH]1. The number of amides is 2. The van der Waals surface area contributed by atoms with Gasteiger partial charge in [0, 0.05) is 5.02 Å². The second-order valence-corrected chi connectivity index (χ2v) is 9.60. The predicted octanol–water partition coefficient (Wildman–Crippen LogP) is 5.21. The van der Waals surface area contributed by atoms with Crippen molar-refractivity contribution in [1.82, 2.24) is 25.8 Å². The molecule has 0 saturated carbocycles. The highest BCUT2D eigenvalue weighted by atomic mass is 35.5. The van der Waals surface area contributed by atoms with E-state index in [9.17, 15) is 9.59 Å². The van der Waals surface area contributed by atoms with Gasteiger partial charge in [-0.05, 0) is 36.6 Å². The van der Waals surface area contributed by atoms with Crippen molar-refractivity contribution in [3.05, 3.63) is 75.5 Å². The van der Waals surface area contributed by atoms with Gasteiger partial charge in [-0.2, -0.15) is 0 Å². The molecule has 0 spiro atoms. The lowest BCUT2D eigenvalue weighted by molar-refractivity contribution is -0.119. The third kappa shape index (κ3) is 6.96. The minimum atomic E-state index is -0.418. The number of aromatic amines is 1. The normalized spacial score (nSPS) is 12.9. The lowest BCUT2D eigenvalue weighted by Crippen LogP contribution is -2.32. The molecule has 0 bridgehead atoms. The van der Waals surface area contributed by atoms with Gasteiger partial charge in [0.25, 0.3) is 5.91 Å². The minimum Gasteiger partial charge on any atom is -0.349 e. The Morgan fingerprint density at radius 1 is 1.06 bits per heavy atom. The van der Waals surface area contributed by atoms with Crippen molar-refractivity contribution in [2.45, 2.75) is 38.0 Å².